The Hall–Kier alpha value is 0.628. The molecule has 0 bridgehead atoms. The molecule has 0 aliphatic rings. The average Bonchev–Trinajstić information content (AvgIpc) is 1.65. The van der Waals surface area contributed by atoms with Crippen molar-refractivity contribution in [2.75, 3.05) is 0 Å². The molecule has 6 nitrogen and oxygen atoms in total. The molecule has 0 spiro atoms. The van der Waals surface area contributed by atoms with Gasteiger partial charge in [-0.2, -0.15) is 0 Å². The second-order valence-electron chi connectivity index (χ2n) is 5.67. The van der Waals surface area contributed by atoms with Crippen molar-refractivity contribution < 1.29 is 13.3 Å². The van der Waals surface area contributed by atoms with Crippen LogP contribution in [0.1, 0.15) is 0 Å². The van der Waals surface area contributed by atoms with Gasteiger partial charge in [0.15, 0.2) is 10.2 Å². The van der Waals surface area contributed by atoms with Crippen molar-refractivity contribution in [3.05, 3.63) is 0 Å². The normalized spacial score (nSPS) is 15.2. The third-order valence-electron chi connectivity index (χ3n) is 1.19. The number of nitrogens with two attached hydrogens (primary N) is 3. The fourth-order valence-corrected chi connectivity index (χ4v) is 6.05. The van der Waals surface area contributed by atoms with Crippen LogP contribution in [-0.4, -0.2) is 41.3 Å². The third kappa shape index (κ3) is 10.3. The van der Waals surface area contributed by atoms with Gasteiger partial charge in [0.1, 0.15) is 0 Å². The first-order valence-electron chi connectivity index (χ1n) is 5.34. The molecule has 6 N–H and O–H groups in total. The number of hydrogen-bond acceptors (Lipinski definition) is 6. The molecule has 0 aromatic carbocycles. The Balaban J connectivity index is 4.95. The Kier molecular flexibility index (Phi) is 5.52. The maximum atomic E-state index is 5.93. The minimum Gasteiger partial charge on any atom is -0.361 e. The zero-order valence-electron chi connectivity index (χ0n) is 11.5. The lowest BCUT2D eigenvalue weighted by molar-refractivity contribution is -0.203. The van der Waals surface area contributed by atoms with E-state index < -0.39 is 31.0 Å². The molecule has 0 fully saturated rings. The van der Waals surface area contributed by atoms with Crippen molar-refractivity contribution in [3.63, 3.8) is 0 Å². The van der Waals surface area contributed by atoms with Gasteiger partial charge in [-0.3, -0.25) is 0 Å². The van der Waals surface area contributed by atoms with E-state index in [1.165, 1.54) is 0 Å². The first-order chi connectivity index (χ1) is 7.12. The van der Waals surface area contributed by atoms with E-state index in [2.05, 4.69) is 10.2 Å². The molecule has 0 heterocycles. The highest BCUT2D eigenvalue weighted by Crippen LogP contribution is 2.21. The van der Waals surface area contributed by atoms with E-state index in [1.807, 2.05) is 39.3 Å². The maximum Gasteiger partial charge on any atom is 0.265 e. The molecule has 3 radical (unpaired) electrons. The number of rotatable bonds is 6. The SMILES string of the molecule is C[Si](C)(N)OC([Si])(O[Si](C)(C)N)O[Si](C)(C)N. The lowest BCUT2D eigenvalue weighted by atomic mass is 11.3. The van der Waals surface area contributed by atoms with Gasteiger partial charge in [0, 0.05) is 0 Å². The van der Waals surface area contributed by atoms with E-state index in [4.69, 9.17) is 29.5 Å². The second-order valence-corrected chi connectivity index (χ2v) is 16.5. The summed E-state index contributed by atoms with van der Waals surface area (Å²) in [6.07, 6.45) is 0. The van der Waals surface area contributed by atoms with Crippen molar-refractivity contribution in [1.29, 1.82) is 0 Å². The van der Waals surface area contributed by atoms with Crippen molar-refractivity contribution in [1.82, 2.24) is 0 Å². The standard InChI is InChI=1S/C7H24N3O3Si4/c1-15(2,8)11-7(14,12-16(3,4)9)13-17(5,6)10/h8-10H2,1-6H3. The Bertz CT molecular complexity index is 218. The molecule has 0 aromatic heterocycles. The van der Waals surface area contributed by atoms with Gasteiger partial charge in [-0.05, 0) is 39.3 Å². The summed E-state index contributed by atoms with van der Waals surface area (Å²) in [5.74, 6) is 0. The lowest BCUT2D eigenvalue weighted by Gasteiger charge is -2.42. The highest BCUT2D eigenvalue weighted by atomic mass is 28.4. The van der Waals surface area contributed by atoms with E-state index >= 15 is 0 Å². The van der Waals surface area contributed by atoms with Crippen molar-refractivity contribution in [2.45, 2.75) is 44.9 Å². The lowest BCUT2D eigenvalue weighted by Crippen LogP contribution is -2.64. The second kappa shape index (κ2) is 5.32. The smallest absolute Gasteiger partial charge is 0.265 e. The minimum atomic E-state index is -2.36. The Morgan fingerprint density at radius 1 is 0.706 bits per heavy atom. The van der Waals surface area contributed by atoms with Crippen LogP contribution in [0.25, 0.3) is 0 Å². The topological polar surface area (TPSA) is 106 Å². The molecule has 0 aliphatic carbocycles. The fourth-order valence-electron chi connectivity index (χ4n) is 1.10. The van der Waals surface area contributed by atoms with Crippen molar-refractivity contribution >= 4 is 35.7 Å². The summed E-state index contributed by atoms with van der Waals surface area (Å²) in [6.45, 7) is 10.9. The van der Waals surface area contributed by atoms with E-state index in [0.717, 1.165) is 0 Å². The van der Waals surface area contributed by atoms with Crippen LogP contribution in [0.5, 0.6) is 0 Å². The zero-order valence-corrected chi connectivity index (χ0v) is 15.5. The van der Waals surface area contributed by atoms with Crippen molar-refractivity contribution in [3.8, 4) is 0 Å². The molecule has 0 atom stereocenters. The predicted octanol–water partition coefficient (Wildman–Crippen LogP) is -0.202. The monoisotopic (exact) mass is 310 g/mol. The van der Waals surface area contributed by atoms with Crippen LogP contribution in [0.3, 0.4) is 0 Å². The summed E-state index contributed by atoms with van der Waals surface area (Å²) in [6, 6.07) is 0. The van der Waals surface area contributed by atoms with Gasteiger partial charge in [0.2, 0.25) is 5.60 Å². The molecule has 17 heavy (non-hydrogen) atoms. The van der Waals surface area contributed by atoms with Crippen LogP contribution in [0.2, 0.25) is 39.3 Å². The fraction of sp³-hybridized carbons (Fsp3) is 1.00. The third-order valence-corrected chi connectivity index (χ3v) is 4.50. The first kappa shape index (κ1) is 17.6. The van der Waals surface area contributed by atoms with Crippen LogP contribution in [-0.2, 0) is 13.3 Å². The zero-order chi connectivity index (χ0) is 14.1. The van der Waals surface area contributed by atoms with Gasteiger partial charge >= 0.3 is 0 Å². The summed E-state index contributed by atoms with van der Waals surface area (Å²) in [7, 11) is -3.72. The van der Waals surface area contributed by atoms with E-state index in [1.54, 1.807) is 0 Å². The molecule has 0 saturated heterocycles. The molecule has 0 saturated carbocycles. The molecule has 10 heteroatoms. The first-order valence-corrected chi connectivity index (χ1v) is 14.8. The van der Waals surface area contributed by atoms with Crippen molar-refractivity contribution in [2.24, 2.45) is 16.2 Å². The molecule has 101 valence electrons. The summed E-state index contributed by atoms with van der Waals surface area (Å²) >= 11 is 0. The Morgan fingerprint density at radius 3 is 1.00 bits per heavy atom. The van der Waals surface area contributed by atoms with E-state index in [9.17, 15) is 0 Å². The van der Waals surface area contributed by atoms with Crippen LogP contribution in [0.4, 0.5) is 0 Å². The van der Waals surface area contributed by atoms with Crippen LogP contribution in [0, 0.1) is 0 Å². The molecule has 0 aliphatic heterocycles. The van der Waals surface area contributed by atoms with Gasteiger partial charge in [-0.15, -0.1) is 0 Å². The van der Waals surface area contributed by atoms with Gasteiger partial charge in [0.05, 0.1) is 0 Å². The maximum absolute atomic E-state index is 5.93. The minimum absolute atomic E-state index is 1.43. The predicted molar refractivity (Wildman–Crippen MR) is 76.7 cm³/mol. The van der Waals surface area contributed by atoms with E-state index in [0.29, 0.717) is 0 Å². The Morgan fingerprint density at radius 2 is 0.882 bits per heavy atom. The van der Waals surface area contributed by atoms with Crippen LogP contribution >= 0.6 is 0 Å². The molecular formula is C7H24N3O3Si4. The molecule has 0 unspecified atom stereocenters. The van der Waals surface area contributed by atoms with Crippen LogP contribution < -0.4 is 16.2 Å². The molecular weight excluding hydrogens is 286 g/mol. The summed E-state index contributed by atoms with van der Waals surface area (Å²) in [5.41, 5.74) is -1.43. The number of hydrogen-bond donors (Lipinski definition) is 3. The van der Waals surface area contributed by atoms with Gasteiger partial charge < -0.3 is 29.5 Å². The van der Waals surface area contributed by atoms with E-state index in [-0.39, 0.29) is 0 Å². The van der Waals surface area contributed by atoms with Crippen LogP contribution in [0.15, 0.2) is 0 Å². The Labute approximate surface area is 110 Å². The molecule has 0 rings (SSSR count). The quantitative estimate of drug-likeness (QED) is 0.463. The summed E-state index contributed by atoms with van der Waals surface area (Å²) in [5, 5.41) is 17.8. The summed E-state index contributed by atoms with van der Waals surface area (Å²) < 4.78 is 17.0. The van der Waals surface area contributed by atoms with Gasteiger partial charge in [-0.25, -0.2) is 0 Å². The average molecular weight is 311 g/mol. The largest absolute Gasteiger partial charge is 0.361 e. The molecule has 0 aromatic rings. The molecule has 0 amide bonds. The summed E-state index contributed by atoms with van der Waals surface area (Å²) in [4.78, 5) is 0. The van der Waals surface area contributed by atoms with Gasteiger partial charge in [0.25, 0.3) is 25.4 Å². The van der Waals surface area contributed by atoms with Gasteiger partial charge in [-0.1, -0.05) is 0 Å². The highest BCUT2D eigenvalue weighted by Gasteiger charge is 2.42. The highest BCUT2D eigenvalue weighted by molar-refractivity contribution is 6.71.